The Kier molecular flexibility index (Phi) is 3.11. The topological polar surface area (TPSA) is 69.6 Å². The van der Waals surface area contributed by atoms with E-state index in [0.29, 0.717) is 34.8 Å². The second kappa shape index (κ2) is 5.28. The Hall–Kier alpha value is -3.09. The highest BCUT2D eigenvalue weighted by Gasteiger charge is 2.20. The lowest BCUT2D eigenvalue weighted by Crippen LogP contribution is -2.04. The molecule has 4 rings (SSSR count). The Labute approximate surface area is 130 Å². The van der Waals surface area contributed by atoms with Gasteiger partial charge in [-0.05, 0) is 35.8 Å². The molecule has 0 atom stereocenters. The molecule has 0 spiro atoms. The number of rotatable bonds is 3. The first-order valence-electron chi connectivity index (χ1n) is 7.07. The monoisotopic (exact) mass is 309 g/mol. The molecule has 0 fully saturated rings. The lowest BCUT2D eigenvalue weighted by Gasteiger charge is -2.08. The number of nitrogens with zero attached hydrogens (tertiary/aromatic N) is 5. The largest absolute Gasteiger partial charge is 0.316 e. The molecule has 3 heterocycles. The van der Waals surface area contributed by atoms with Crippen molar-refractivity contribution in [1.82, 2.24) is 24.8 Å². The highest BCUT2D eigenvalue weighted by Crippen LogP contribution is 2.27. The van der Waals surface area contributed by atoms with Crippen molar-refractivity contribution in [2.75, 3.05) is 0 Å². The van der Waals surface area contributed by atoms with Crippen LogP contribution in [0.3, 0.4) is 0 Å². The number of fused-ring (bicyclic) bond motifs is 1. The van der Waals surface area contributed by atoms with E-state index in [1.165, 1.54) is 6.07 Å². The summed E-state index contributed by atoms with van der Waals surface area (Å²) in [5, 5.41) is 7.69. The van der Waals surface area contributed by atoms with Gasteiger partial charge in [-0.3, -0.25) is 4.98 Å². The fourth-order valence-corrected chi connectivity index (χ4v) is 2.59. The molecule has 6 nitrogen and oxygen atoms in total. The lowest BCUT2D eigenvalue weighted by atomic mass is 10.2. The molecule has 0 unspecified atom stereocenters. The second-order valence-corrected chi connectivity index (χ2v) is 5.19. The van der Waals surface area contributed by atoms with Crippen molar-refractivity contribution in [3.63, 3.8) is 0 Å². The Morgan fingerprint density at radius 3 is 2.83 bits per heavy atom. The van der Waals surface area contributed by atoms with Gasteiger partial charge in [0.2, 0.25) is 0 Å². The summed E-state index contributed by atoms with van der Waals surface area (Å²) in [5.74, 6) is 0.187. The first-order chi connectivity index (χ1) is 11.2. The van der Waals surface area contributed by atoms with Crippen LogP contribution in [0.25, 0.3) is 22.6 Å². The average Bonchev–Trinajstić information content (AvgIpc) is 3.13. The van der Waals surface area contributed by atoms with Crippen LogP contribution in [0.1, 0.15) is 11.3 Å². The molecule has 0 aliphatic carbocycles. The molecule has 3 aromatic heterocycles. The van der Waals surface area contributed by atoms with Crippen molar-refractivity contribution in [3.05, 3.63) is 59.8 Å². The smallest absolute Gasteiger partial charge is 0.173 e. The molecular formula is C16H12FN5O. The maximum Gasteiger partial charge on any atom is 0.173 e. The van der Waals surface area contributed by atoms with Crippen LogP contribution in [0.5, 0.6) is 0 Å². The molecule has 0 bridgehead atoms. The standard InChI is InChI=1S/C16H12FN5O/c1-10-14(21-23-20-10)16-19-13-6-2-5-12(17)15(13)22(16)9-11-4-3-7-18-8-11/h2-8H,9H2,1H3. The highest BCUT2D eigenvalue weighted by atomic mass is 19.1. The molecule has 0 aliphatic rings. The first kappa shape index (κ1) is 13.6. The first-order valence-corrected chi connectivity index (χ1v) is 7.07. The van der Waals surface area contributed by atoms with E-state index in [1.807, 2.05) is 12.1 Å². The van der Waals surface area contributed by atoms with Gasteiger partial charge in [0.15, 0.2) is 11.5 Å². The van der Waals surface area contributed by atoms with Crippen molar-refractivity contribution in [3.8, 4) is 11.5 Å². The van der Waals surface area contributed by atoms with Crippen LogP contribution in [-0.2, 0) is 6.54 Å². The summed E-state index contributed by atoms with van der Waals surface area (Å²) < 4.78 is 20.9. The van der Waals surface area contributed by atoms with Crippen LogP contribution in [0.15, 0.2) is 47.4 Å². The van der Waals surface area contributed by atoms with E-state index in [2.05, 4.69) is 20.3 Å². The molecule has 0 N–H and O–H groups in total. The van der Waals surface area contributed by atoms with Gasteiger partial charge in [0.1, 0.15) is 17.0 Å². The normalized spacial score (nSPS) is 11.2. The maximum absolute atomic E-state index is 14.4. The van der Waals surface area contributed by atoms with Gasteiger partial charge in [0.05, 0.1) is 12.1 Å². The summed E-state index contributed by atoms with van der Waals surface area (Å²) in [6.45, 7) is 2.20. The Balaban J connectivity index is 1.97. The van der Waals surface area contributed by atoms with Crippen molar-refractivity contribution in [2.45, 2.75) is 13.5 Å². The van der Waals surface area contributed by atoms with E-state index < -0.39 is 0 Å². The summed E-state index contributed by atoms with van der Waals surface area (Å²) in [6.07, 6.45) is 3.44. The van der Waals surface area contributed by atoms with Gasteiger partial charge >= 0.3 is 0 Å². The fraction of sp³-hybridized carbons (Fsp3) is 0.125. The van der Waals surface area contributed by atoms with Crippen molar-refractivity contribution >= 4 is 11.0 Å². The van der Waals surface area contributed by atoms with Crippen LogP contribution in [-0.4, -0.2) is 24.8 Å². The minimum absolute atomic E-state index is 0.334. The average molecular weight is 309 g/mol. The molecule has 114 valence electrons. The van der Waals surface area contributed by atoms with Gasteiger partial charge in [-0.15, -0.1) is 0 Å². The van der Waals surface area contributed by atoms with Gasteiger partial charge in [0.25, 0.3) is 0 Å². The van der Waals surface area contributed by atoms with Gasteiger partial charge < -0.3 is 4.57 Å². The maximum atomic E-state index is 14.4. The Morgan fingerprint density at radius 1 is 1.17 bits per heavy atom. The molecule has 7 heteroatoms. The number of aryl methyl sites for hydroxylation is 1. The van der Waals surface area contributed by atoms with Gasteiger partial charge in [-0.2, -0.15) is 0 Å². The molecule has 0 radical (unpaired) electrons. The third-order valence-electron chi connectivity index (χ3n) is 3.65. The quantitative estimate of drug-likeness (QED) is 0.582. The minimum Gasteiger partial charge on any atom is -0.316 e. The van der Waals surface area contributed by atoms with Crippen LogP contribution < -0.4 is 0 Å². The van der Waals surface area contributed by atoms with E-state index in [1.54, 1.807) is 36.0 Å². The van der Waals surface area contributed by atoms with Gasteiger partial charge in [-0.1, -0.05) is 17.3 Å². The molecule has 0 saturated heterocycles. The zero-order chi connectivity index (χ0) is 15.8. The summed E-state index contributed by atoms with van der Waals surface area (Å²) in [6, 6.07) is 8.59. The summed E-state index contributed by atoms with van der Waals surface area (Å²) in [5.41, 5.74) is 3.03. The number of aromatic nitrogens is 5. The molecule has 4 aromatic rings. The number of imidazole rings is 1. The van der Waals surface area contributed by atoms with E-state index in [4.69, 9.17) is 4.63 Å². The number of hydrogen-bond donors (Lipinski definition) is 0. The highest BCUT2D eigenvalue weighted by molar-refractivity contribution is 5.81. The zero-order valence-corrected chi connectivity index (χ0v) is 12.3. The predicted octanol–water partition coefficient (Wildman–Crippen LogP) is 2.98. The molecular weight excluding hydrogens is 297 g/mol. The van der Waals surface area contributed by atoms with Gasteiger partial charge in [0, 0.05) is 12.4 Å². The van der Waals surface area contributed by atoms with Crippen LogP contribution in [0, 0.1) is 12.7 Å². The lowest BCUT2D eigenvalue weighted by molar-refractivity contribution is 0.305. The molecule has 0 amide bonds. The number of halogens is 1. The number of para-hydroxylation sites is 1. The minimum atomic E-state index is -0.334. The SMILES string of the molecule is Cc1nonc1-c1nc2cccc(F)c2n1Cc1cccnc1. The van der Waals surface area contributed by atoms with E-state index in [9.17, 15) is 4.39 Å². The zero-order valence-electron chi connectivity index (χ0n) is 12.3. The second-order valence-electron chi connectivity index (χ2n) is 5.19. The summed E-state index contributed by atoms with van der Waals surface area (Å²) >= 11 is 0. The van der Waals surface area contributed by atoms with Gasteiger partial charge in [-0.25, -0.2) is 14.0 Å². The van der Waals surface area contributed by atoms with E-state index >= 15 is 0 Å². The summed E-state index contributed by atoms with van der Waals surface area (Å²) in [7, 11) is 0. The summed E-state index contributed by atoms with van der Waals surface area (Å²) in [4.78, 5) is 8.62. The van der Waals surface area contributed by atoms with Crippen molar-refractivity contribution in [1.29, 1.82) is 0 Å². The van der Waals surface area contributed by atoms with Crippen molar-refractivity contribution in [2.24, 2.45) is 0 Å². The van der Waals surface area contributed by atoms with Crippen LogP contribution in [0.4, 0.5) is 4.39 Å². The molecule has 0 saturated carbocycles. The van der Waals surface area contributed by atoms with E-state index in [-0.39, 0.29) is 5.82 Å². The number of hydrogen-bond acceptors (Lipinski definition) is 5. The van der Waals surface area contributed by atoms with Crippen molar-refractivity contribution < 1.29 is 9.02 Å². The molecule has 23 heavy (non-hydrogen) atoms. The predicted molar refractivity (Wildman–Crippen MR) is 81.1 cm³/mol. The Bertz CT molecular complexity index is 977. The van der Waals surface area contributed by atoms with Crippen LogP contribution >= 0.6 is 0 Å². The van der Waals surface area contributed by atoms with Crippen LogP contribution in [0.2, 0.25) is 0 Å². The van der Waals surface area contributed by atoms with E-state index in [0.717, 1.165) is 5.56 Å². The number of benzene rings is 1. The number of pyridine rings is 1. The molecule has 0 aliphatic heterocycles. The fourth-order valence-electron chi connectivity index (χ4n) is 2.59. The third kappa shape index (κ3) is 2.26. The third-order valence-corrected chi connectivity index (χ3v) is 3.65. The molecule has 1 aromatic carbocycles. The Morgan fingerprint density at radius 2 is 2.09 bits per heavy atom.